The van der Waals surface area contributed by atoms with Crippen molar-refractivity contribution >= 4 is 24.8 Å². The van der Waals surface area contributed by atoms with Gasteiger partial charge in [0.15, 0.2) is 0 Å². The smallest absolute Gasteiger partial charge is 0.357 e. The molecule has 7 nitrogen and oxygen atoms in total. The summed E-state index contributed by atoms with van der Waals surface area (Å²) in [5.74, 6) is -2.97. The number of carboxylic acid groups (broad SMARTS) is 2. The molecule has 93 valence electrons. The maximum Gasteiger partial charge on any atom is 0.357 e. The number of aromatic carboxylic acids is 2. The first-order valence-corrected chi connectivity index (χ1v) is 5.51. The first-order valence-electron chi connectivity index (χ1n) is 3.90. The van der Waals surface area contributed by atoms with Crippen LogP contribution in [-0.4, -0.2) is 31.9 Å². The molecule has 0 fully saturated rings. The van der Waals surface area contributed by atoms with Gasteiger partial charge in [-0.05, 0) is 18.2 Å². The Labute approximate surface area is 106 Å². The molecule has 1 rings (SSSR count). The molecule has 0 spiro atoms. The number of hydrogen-bond acceptors (Lipinski definition) is 3. The van der Waals surface area contributed by atoms with Crippen molar-refractivity contribution in [1.82, 2.24) is 0 Å². The van der Waals surface area contributed by atoms with Gasteiger partial charge in [-0.15, -0.1) is 0 Å². The van der Waals surface area contributed by atoms with E-state index in [1.54, 1.807) is 0 Å². The van der Waals surface area contributed by atoms with Crippen LogP contribution in [0.1, 0.15) is 20.7 Å². The van der Waals surface area contributed by atoms with Crippen molar-refractivity contribution in [2.75, 3.05) is 0 Å². The molecule has 0 amide bonds. The molecule has 0 aromatic heterocycles. The molecular weight excluding hydrogens is 294 g/mol. The molecule has 1 aromatic rings. The summed E-state index contributed by atoms with van der Waals surface area (Å²) in [7, 11) is -4.73. The van der Waals surface area contributed by atoms with Crippen LogP contribution in [0.25, 0.3) is 0 Å². The van der Waals surface area contributed by atoms with E-state index in [-0.39, 0.29) is 22.6 Å². The molecular formula is C8H7MnO7P. The Morgan fingerprint density at radius 2 is 1.59 bits per heavy atom. The minimum Gasteiger partial charge on any atom is -0.478 e. The second-order valence-electron chi connectivity index (χ2n) is 2.89. The Morgan fingerprint density at radius 3 is 1.94 bits per heavy atom. The fraction of sp³-hybridized carbons (Fsp3) is 0. The predicted octanol–water partition coefficient (Wildman–Crippen LogP) is -0.116. The molecule has 0 aliphatic rings. The third-order valence-corrected chi connectivity index (χ3v) is 2.81. The second-order valence-corrected chi connectivity index (χ2v) is 4.46. The van der Waals surface area contributed by atoms with E-state index in [9.17, 15) is 14.2 Å². The second kappa shape index (κ2) is 5.44. The van der Waals surface area contributed by atoms with Crippen molar-refractivity contribution in [2.24, 2.45) is 0 Å². The van der Waals surface area contributed by atoms with Crippen molar-refractivity contribution < 1.29 is 51.2 Å². The zero-order valence-electron chi connectivity index (χ0n) is 8.07. The van der Waals surface area contributed by atoms with Gasteiger partial charge in [-0.25, -0.2) is 9.59 Å². The van der Waals surface area contributed by atoms with Gasteiger partial charge in [0, 0.05) is 17.1 Å². The largest absolute Gasteiger partial charge is 0.478 e. The first kappa shape index (κ1) is 15.8. The predicted molar refractivity (Wildman–Crippen MR) is 52.0 cm³/mol. The molecule has 0 bridgehead atoms. The molecule has 0 heterocycles. The first-order chi connectivity index (χ1) is 7.23. The Hall–Kier alpha value is -1.17. The van der Waals surface area contributed by atoms with E-state index in [0.717, 1.165) is 12.1 Å². The number of carbonyl (C=O) groups is 2. The fourth-order valence-electron chi connectivity index (χ4n) is 1.09. The topological polar surface area (TPSA) is 132 Å². The van der Waals surface area contributed by atoms with Crippen LogP contribution in [0.2, 0.25) is 0 Å². The van der Waals surface area contributed by atoms with Crippen LogP contribution in [0.3, 0.4) is 0 Å². The van der Waals surface area contributed by atoms with Gasteiger partial charge in [0.25, 0.3) is 0 Å². The zero-order valence-corrected chi connectivity index (χ0v) is 10.1. The third-order valence-electron chi connectivity index (χ3n) is 1.79. The molecule has 1 radical (unpaired) electrons. The van der Waals surface area contributed by atoms with E-state index in [2.05, 4.69) is 0 Å². The molecule has 1 aromatic carbocycles. The third kappa shape index (κ3) is 3.66. The van der Waals surface area contributed by atoms with Crippen molar-refractivity contribution in [3.05, 3.63) is 29.3 Å². The van der Waals surface area contributed by atoms with Gasteiger partial charge in [0.1, 0.15) is 0 Å². The van der Waals surface area contributed by atoms with E-state index < -0.39 is 30.4 Å². The monoisotopic (exact) mass is 301 g/mol. The van der Waals surface area contributed by atoms with Crippen molar-refractivity contribution in [2.45, 2.75) is 0 Å². The van der Waals surface area contributed by atoms with Crippen molar-refractivity contribution in [3.63, 3.8) is 0 Å². The normalized spacial score (nSPS) is 10.5. The fourth-order valence-corrected chi connectivity index (χ4v) is 1.84. The summed E-state index contributed by atoms with van der Waals surface area (Å²) in [6.45, 7) is 0. The summed E-state index contributed by atoms with van der Waals surface area (Å²) in [6, 6.07) is 2.44. The quantitative estimate of drug-likeness (QED) is 0.452. The Kier molecular flexibility index (Phi) is 5.07. The summed E-state index contributed by atoms with van der Waals surface area (Å²) in [5, 5.41) is 16.6. The van der Waals surface area contributed by atoms with Gasteiger partial charge in [-0.2, -0.15) is 0 Å². The van der Waals surface area contributed by atoms with E-state index in [1.165, 1.54) is 0 Å². The average Bonchev–Trinajstić information content (AvgIpc) is 2.15. The standard InChI is InChI=1S/C8H7O7P.Mn/c9-7(10)4-1-2-6(16(13,14)15)5(3-4)8(11)12;/h1-3H,(H,9,10)(H,11,12)(H2,13,14,15);. The molecule has 0 unspecified atom stereocenters. The van der Waals surface area contributed by atoms with Gasteiger partial charge in [0.2, 0.25) is 0 Å². The molecule has 0 aliphatic heterocycles. The van der Waals surface area contributed by atoms with E-state index in [0.29, 0.717) is 6.07 Å². The van der Waals surface area contributed by atoms with Crippen LogP contribution < -0.4 is 5.30 Å². The number of carboxylic acids is 2. The maximum absolute atomic E-state index is 10.9. The van der Waals surface area contributed by atoms with Crippen molar-refractivity contribution in [3.8, 4) is 0 Å². The minimum absolute atomic E-state index is 0. The summed E-state index contributed by atoms with van der Waals surface area (Å²) >= 11 is 0. The summed E-state index contributed by atoms with van der Waals surface area (Å²) in [6.07, 6.45) is 0. The van der Waals surface area contributed by atoms with Crippen molar-refractivity contribution in [1.29, 1.82) is 0 Å². The average molecular weight is 301 g/mol. The summed E-state index contributed by atoms with van der Waals surface area (Å²) < 4.78 is 10.9. The van der Waals surface area contributed by atoms with Gasteiger partial charge in [-0.1, -0.05) is 0 Å². The number of rotatable bonds is 3. The molecule has 9 heteroatoms. The molecule has 0 aliphatic carbocycles. The van der Waals surface area contributed by atoms with Gasteiger partial charge in [0.05, 0.1) is 16.4 Å². The molecule has 0 saturated heterocycles. The van der Waals surface area contributed by atoms with Gasteiger partial charge in [-0.3, -0.25) is 4.57 Å². The summed E-state index contributed by atoms with van der Waals surface area (Å²) in [4.78, 5) is 39.0. The molecule has 4 N–H and O–H groups in total. The van der Waals surface area contributed by atoms with Crippen LogP contribution in [0.4, 0.5) is 0 Å². The molecule has 17 heavy (non-hydrogen) atoms. The Bertz CT molecular complexity index is 507. The SMILES string of the molecule is O=C(O)c1ccc(P(=O)(O)O)c(C(=O)O)c1.[Mn]. The van der Waals surface area contributed by atoms with Gasteiger partial charge < -0.3 is 20.0 Å². The van der Waals surface area contributed by atoms with E-state index in [1.807, 2.05) is 0 Å². The maximum atomic E-state index is 10.9. The van der Waals surface area contributed by atoms with E-state index in [4.69, 9.17) is 20.0 Å². The Morgan fingerprint density at radius 1 is 1.06 bits per heavy atom. The molecule has 0 atom stereocenters. The van der Waals surface area contributed by atoms with Crippen LogP contribution in [0, 0.1) is 0 Å². The summed E-state index contributed by atoms with van der Waals surface area (Å²) in [5.41, 5.74) is -1.07. The Balaban J connectivity index is 0.00000256. The van der Waals surface area contributed by atoms with E-state index >= 15 is 0 Å². The number of benzene rings is 1. The zero-order chi connectivity index (χ0) is 12.5. The van der Waals surface area contributed by atoms with Crippen LogP contribution in [-0.2, 0) is 21.6 Å². The van der Waals surface area contributed by atoms with Gasteiger partial charge >= 0.3 is 19.5 Å². The molecule has 0 saturated carbocycles. The van der Waals surface area contributed by atoms with Crippen LogP contribution in [0.5, 0.6) is 0 Å². The number of hydrogen-bond donors (Lipinski definition) is 4. The van der Waals surface area contributed by atoms with Crippen LogP contribution in [0.15, 0.2) is 18.2 Å². The minimum atomic E-state index is -4.73. The van der Waals surface area contributed by atoms with Crippen LogP contribution >= 0.6 is 7.60 Å².